The summed E-state index contributed by atoms with van der Waals surface area (Å²) >= 11 is 0. The number of imidazole rings is 1. The number of carbonyl (C=O) groups is 1. The van der Waals surface area contributed by atoms with Crippen molar-refractivity contribution in [1.82, 2.24) is 14.5 Å². The van der Waals surface area contributed by atoms with E-state index in [0.29, 0.717) is 36.9 Å². The van der Waals surface area contributed by atoms with Crippen LogP contribution < -0.4 is 9.47 Å². The summed E-state index contributed by atoms with van der Waals surface area (Å²) in [6.07, 6.45) is 3.95. The Hall–Kier alpha value is -2.54. The number of methoxy groups -OCH3 is 2. The number of aliphatic hydroxyl groups excluding tert-OH is 1. The summed E-state index contributed by atoms with van der Waals surface area (Å²) in [4.78, 5) is 19.4. The fourth-order valence-electron chi connectivity index (χ4n) is 4.06. The zero-order valence-corrected chi connectivity index (χ0v) is 17.7. The van der Waals surface area contributed by atoms with E-state index >= 15 is 0 Å². The molecule has 7 nitrogen and oxygen atoms in total. The van der Waals surface area contributed by atoms with E-state index in [2.05, 4.69) is 9.55 Å². The third-order valence-electron chi connectivity index (χ3n) is 5.69. The molecule has 0 radical (unpaired) electrons. The van der Waals surface area contributed by atoms with E-state index in [1.807, 2.05) is 37.1 Å². The smallest absolute Gasteiger partial charge is 0.226 e. The maximum absolute atomic E-state index is 12.8. The SMILES string of the molecule is COc1cc(CC(=O)N2CCC(c3ncc(C)n3C(C)CO)CC2)cc(OC)c1. The fourth-order valence-corrected chi connectivity index (χ4v) is 4.06. The number of hydrogen-bond donors (Lipinski definition) is 1. The number of amides is 1. The molecule has 1 unspecified atom stereocenters. The molecule has 1 aromatic heterocycles. The molecule has 7 heteroatoms. The van der Waals surface area contributed by atoms with Gasteiger partial charge in [0.25, 0.3) is 0 Å². The number of hydrogen-bond acceptors (Lipinski definition) is 5. The zero-order valence-electron chi connectivity index (χ0n) is 17.7. The van der Waals surface area contributed by atoms with E-state index in [0.717, 1.165) is 29.9 Å². The van der Waals surface area contributed by atoms with Crippen molar-refractivity contribution in [3.05, 3.63) is 41.5 Å². The number of aryl methyl sites for hydroxylation is 1. The molecule has 158 valence electrons. The quantitative estimate of drug-likeness (QED) is 0.772. The third kappa shape index (κ3) is 4.72. The molecule has 1 N–H and O–H groups in total. The molecule has 2 heterocycles. The Kier molecular flexibility index (Phi) is 6.79. The molecule has 3 rings (SSSR count). The molecule has 0 saturated carbocycles. The lowest BCUT2D eigenvalue weighted by molar-refractivity contribution is -0.131. The van der Waals surface area contributed by atoms with Gasteiger partial charge >= 0.3 is 0 Å². The van der Waals surface area contributed by atoms with Crippen LogP contribution in [0.1, 0.15) is 48.8 Å². The number of carbonyl (C=O) groups excluding carboxylic acids is 1. The molecule has 1 saturated heterocycles. The first-order chi connectivity index (χ1) is 14.0. The lowest BCUT2D eigenvalue weighted by Gasteiger charge is -2.33. The van der Waals surface area contributed by atoms with Crippen molar-refractivity contribution in [2.24, 2.45) is 0 Å². The molecule has 2 aromatic rings. The second-order valence-electron chi connectivity index (χ2n) is 7.71. The molecule has 0 bridgehead atoms. The van der Waals surface area contributed by atoms with Crippen LogP contribution in [0.15, 0.2) is 24.4 Å². The van der Waals surface area contributed by atoms with Crippen molar-refractivity contribution in [2.45, 2.75) is 45.1 Å². The number of rotatable bonds is 7. The molecule has 0 spiro atoms. The highest BCUT2D eigenvalue weighted by Crippen LogP contribution is 2.30. The second-order valence-corrected chi connectivity index (χ2v) is 7.71. The van der Waals surface area contributed by atoms with Crippen molar-refractivity contribution in [2.75, 3.05) is 33.9 Å². The van der Waals surface area contributed by atoms with Gasteiger partial charge in [-0.25, -0.2) is 4.98 Å². The minimum Gasteiger partial charge on any atom is -0.497 e. The predicted octanol–water partition coefficient (Wildman–Crippen LogP) is 2.71. The zero-order chi connectivity index (χ0) is 21.0. The minimum absolute atomic E-state index is 0.00945. The summed E-state index contributed by atoms with van der Waals surface area (Å²) in [6, 6.07) is 5.57. The van der Waals surface area contributed by atoms with Gasteiger partial charge in [-0.05, 0) is 44.4 Å². The van der Waals surface area contributed by atoms with Gasteiger partial charge in [0.1, 0.15) is 17.3 Å². The van der Waals surface area contributed by atoms with Crippen molar-refractivity contribution in [1.29, 1.82) is 0 Å². The molecule has 1 amide bonds. The summed E-state index contributed by atoms with van der Waals surface area (Å²) in [7, 11) is 3.21. The van der Waals surface area contributed by atoms with Crippen molar-refractivity contribution in [3.63, 3.8) is 0 Å². The molecule has 0 aliphatic carbocycles. The number of likely N-dealkylation sites (tertiary alicyclic amines) is 1. The van der Waals surface area contributed by atoms with Gasteiger partial charge in [-0.2, -0.15) is 0 Å². The predicted molar refractivity (Wildman–Crippen MR) is 111 cm³/mol. The van der Waals surface area contributed by atoms with E-state index in [-0.39, 0.29) is 18.6 Å². The lowest BCUT2D eigenvalue weighted by Crippen LogP contribution is -2.39. The number of ether oxygens (including phenoxy) is 2. The van der Waals surface area contributed by atoms with Crippen molar-refractivity contribution in [3.8, 4) is 11.5 Å². The Bertz CT molecular complexity index is 818. The molecule has 29 heavy (non-hydrogen) atoms. The number of piperidine rings is 1. The molecule has 1 fully saturated rings. The van der Waals surface area contributed by atoms with Gasteiger partial charge in [0.2, 0.25) is 5.91 Å². The van der Waals surface area contributed by atoms with Gasteiger partial charge in [0, 0.05) is 37.0 Å². The molecule has 1 aliphatic heterocycles. The Morgan fingerprint density at radius 1 is 1.21 bits per heavy atom. The normalized spacial score (nSPS) is 16.0. The second kappa shape index (κ2) is 9.31. The van der Waals surface area contributed by atoms with Gasteiger partial charge in [-0.3, -0.25) is 4.79 Å². The monoisotopic (exact) mass is 401 g/mol. The maximum atomic E-state index is 12.8. The first-order valence-corrected chi connectivity index (χ1v) is 10.1. The highest BCUT2D eigenvalue weighted by Gasteiger charge is 2.28. The van der Waals surface area contributed by atoms with Crippen LogP contribution in [0.4, 0.5) is 0 Å². The molecule has 1 aromatic carbocycles. The van der Waals surface area contributed by atoms with Crippen LogP contribution in [0.25, 0.3) is 0 Å². The van der Waals surface area contributed by atoms with Crippen molar-refractivity contribution >= 4 is 5.91 Å². The Morgan fingerprint density at radius 3 is 2.38 bits per heavy atom. The third-order valence-corrected chi connectivity index (χ3v) is 5.69. The van der Waals surface area contributed by atoms with E-state index in [1.54, 1.807) is 20.3 Å². The van der Waals surface area contributed by atoms with Crippen LogP contribution in [-0.4, -0.2) is 59.4 Å². The summed E-state index contributed by atoms with van der Waals surface area (Å²) in [5.41, 5.74) is 1.95. The number of benzene rings is 1. The average Bonchev–Trinajstić information content (AvgIpc) is 3.14. The summed E-state index contributed by atoms with van der Waals surface area (Å²) in [5, 5.41) is 9.56. The highest BCUT2D eigenvalue weighted by atomic mass is 16.5. The minimum atomic E-state index is 0.00945. The van der Waals surface area contributed by atoms with Crippen LogP contribution in [0.3, 0.4) is 0 Å². The summed E-state index contributed by atoms with van der Waals surface area (Å²) in [6.45, 7) is 5.53. The van der Waals surface area contributed by atoms with E-state index in [4.69, 9.17) is 9.47 Å². The molecule has 1 atom stereocenters. The Balaban J connectivity index is 1.63. The van der Waals surface area contributed by atoms with E-state index < -0.39 is 0 Å². The first kappa shape index (κ1) is 21.2. The van der Waals surface area contributed by atoms with Gasteiger partial charge < -0.3 is 24.0 Å². The standard InChI is InChI=1S/C22H31N3O4/c1-15-13-23-22(25(15)16(2)14-26)18-5-7-24(8-6-18)21(27)11-17-9-19(28-3)12-20(10-17)29-4/h9-10,12-13,16,18,26H,5-8,11,14H2,1-4H3. The van der Waals surface area contributed by atoms with Gasteiger partial charge in [-0.15, -0.1) is 0 Å². The Morgan fingerprint density at radius 2 is 1.83 bits per heavy atom. The van der Waals surface area contributed by atoms with Gasteiger partial charge in [0.15, 0.2) is 0 Å². The van der Waals surface area contributed by atoms with Gasteiger partial charge in [0.05, 0.1) is 33.3 Å². The number of aliphatic hydroxyl groups is 1. The first-order valence-electron chi connectivity index (χ1n) is 10.1. The van der Waals surface area contributed by atoms with E-state index in [9.17, 15) is 9.90 Å². The average molecular weight is 402 g/mol. The Labute approximate surface area is 172 Å². The largest absolute Gasteiger partial charge is 0.497 e. The summed E-state index contributed by atoms with van der Waals surface area (Å²) < 4.78 is 12.7. The number of aromatic nitrogens is 2. The van der Waals surface area contributed by atoms with Crippen LogP contribution in [-0.2, 0) is 11.2 Å². The lowest BCUT2D eigenvalue weighted by atomic mass is 9.95. The van der Waals surface area contributed by atoms with Gasteiger partial charge in [-0.1, -0.05) is 0 Å². The summed E-state index contributed by atoms with van der Waals surface area (Å²) in [5.74, 6) is 2.81. The maximum Gasteiger partial charge on any atom is 0.226 e. The molecular weight excluding hydrogens is 370 g/mol. The molecular formula is C22H31N3O4. The van der Waals surface area contributed by atoms with Crippen molar-refractivity contribution < 1.29 is 19.4 Å². The van der Waals surface area contributed by atoms with Crippen LogP contribution >= 0.6 is 0 Å². The fraction of sp³-hybridized carbons (Fsp3) is 0.545. The topological polar surface area (TPSA) is 76.8 Å². The highest BCUT2D eigenvalue weighted by molar-refractivity contribution is 5.79. The van der Waals surface area contributed by atoms with Crippen LogP contribution in [0.2, 0.25) is 0 Å². The number of nitrogens with zero attached hydrogens (tertiary/aromatic N) is 3. The van der Waals surface area contributed by atoms with Crippen LogP contribution in [0, 0.1) is 6.92 Å². The van der Waals surface area contributed by atoms with E-state index in [1.165, 1.54) is 0 Å². The van der Waals surface area contributed by atoms with Crippen LogP contribution in [0.5, 0.6) is 11.5 Å². The molecule has 1 aliphatic rings.